The van der Waals surface area contributed by atoms with Crippen molar-refractivity contribution in [1.29, 1.82) is 0 Å². The van der Waals surface area contributed by atoms with Crippen molar-refractivity contribution in [2.45, 2.75) is 25.8 Å². The predicted octanol–water partition coefficient (Wildman–Crippen LogP) is 2.13. The van der Waals surface area contributed by atoms with Crippen LogP contribution in [0, 0.1) is 0 Å². The van der Waals surface area contributed by atoms with Crippen LogP contribution in [0.15, 0.2) is 58.4 Å². The summed E-state index contributed by atoms with van der Waals surface area (Å²) in [5.41, 5.74) is 2.04. The third-order valence-electron chi connectivity index (χ3n) is 5.06. The fourth-order valence-corrected chi connectivity index (χ4v) is 3.41. The van der Waals surface area contributed by atoms with Gasteiger partial charge in [0.05, 0.1) is 45.1 Å². The number of nitrogens with zero attached hydrogens (tertiary/aromatic N) is 1. The van der Waals surface area contributed by atoms with E-state index in [0.717, 1.165) is 5.56 Å². The maximum Gasteiger partial charge on any atom is 0.290 e. The van der Waals surface area contributed by atoms with E-state index in [1.54, 1.807) is 17.0 Å². The third-order valence-corrected chi connectivity index (χ3v) is 5.06. The molecule has 1 amide bonds. The Morgan fingerprint density at radius 2 is 1.89 bits per heavy atom. The van der Waals surface area contributed by atoms with E-state index in [1.807, 2.05) is 38.4 Å². The zero-order valence-corrected chi connectivity index (χ0v) is 16.7. The van der Waals surface area contributed by atoms with Crippen LogP contribution in [-0.2, 0) is 4.79 Å². The largest absolute Gasteiger partial charge is 0.503 e. The van der Waals surface area contributed by atoms with Gasteiger partial charge < -0.3 is 19.3 Å². The summed E-state index contributed by atoms with van der Waals surface area (Å²) in [7, 11) is 3.99. The average molecular weight is 383 g/mol. The lowest BCUT2D eigenvalue weighted by Gasteiger charge is -2.27. The molecule has 2 heterocycles. The summed E-state index contributed by atoms with van der Waals surface area (Å²) in [6, 6.07) is 10.4. The number of Topliss-reactive ketones (excluding diaryl/α,β-unsaturated/α-hetero) is 1. The summed E-state index contributed by atoms with van der Waals surface area (Å²) in [6.07, 6.45) is 1.40. The molecule has 1 aromatic heterocycles. The Bertz CT molecular complexity index is 880. The molecule has 1 aliphatic heterocycles. The molecule has 0 radical (unpaired) electrons. The molecule has 0 saturated heterocycles. The van der Waals surface area contributed by atoms with Crippen molar-refractivity contribution in [3.05, 3.63) is 70.9 Å². The smallest absolute Gasteiger partial charge is 0.290 e. The number of amides is 1. The average Bonchev–Trinajstić information content (AvgIpc) is 3.28. The Morgan fingerprint density at radius 1 is 1.21 bits per heavy atom. The van der Waals surface area contributed by atoms with E-state index in [0.29, 0.717) is 19.0 Å². The van der Waals surface area contributed by atoms with Gasteiger partial charge in [-0.25, -0.2) is 0 Å². The maximum atomic E-state index is 13.0. The van der Waals surface area contributed by atoms with Crippen molar-refractivity contribution in [3.8, 4) is 0 Å². The minimum absolute atomic E-state index is 0.0750. The van der Waals surface area contributed by atoms with Gasteiger partial charge in [0.25, 0.3) is 5.91 Å². The van der Waals surface area contributed by atoms with Crippen LogP contribution < -0.4 is 4.90 Å². The van der Waals surface area contributed by atoms with Crippen LogP contribution in [0.4, 0.5) is 0 Å². The molecule has 0 saturated carbocycles. The number of hydrogen-bond donors (Lipinski definition) is 2. The van der Waals surface area contributed by atoms with Gasteiger partial charge in [0.2, 0.25) is 5.78 Å². The number of likely N-dealkylation sites (N-methyl/N-ethyl adjacent to an activating group) is 1. The maximum absolute atomic E-state index is 13.0. The van der Waals surface area contributed by atoms with E-state index in [2.05, 4.69) is 13.8 Å². The van der Waals surface area contributed by atoms with Gasteiger partial charge in [0.1, 0.15) is 0 Å². The van der Waals surface area contributed by atoms with E-state index in [-0.39, 0.29) is 11.3 Å². The van der Waals surface area contributed by atoms with Crippen LogP contribution in [0.3, 0.4) is 0 Å². The summed E-state index contributed by atoms with van der Waals surface area (Å²) in [6.45, 7) is 5.34. The Hall–Kier alpha value is -2.86. The topological polar surface area (TPSA) is 75.2 Å². The molecule has 2 aromatic rings. The van der Waals surface area contributed by atoms with Crippen molar-refractivity contribution in [1.82, 2.24) is 4.90 Å². The number of benzene rings is 1. The van der Waals surface area contributed by atoms with Crippen LogP contribution in [0.25, 0.3) is 0 Å². The Morgan fingerprint density at radius 3 is 2.43 bits per heavy atom. The molecule has 28 heavy (non-hydrogen) atoms. The molecule has 0 spiro atoms. The number of aliphatic hydroxyl groups excluding tert-OH is 1. The van der Waals surface area contributed by atoms with Gasteiger partial charge in [-0.2, -0.15) is 0 Å². The van der Waals surface area contributed by atoms with Gasteiger partial charge in [-0.1, -0.05) is 38.1 Å². The highest BCUT2D eigenvalue weighted by Crippen LogP contribution is 2.39. The van der Waals surface area contributed by atoms with Crippen molar-refractivity contribution < 1.29 is 24.0 Å². The Kier molecular flexibility index (Phi) is 5.70. The first kappa shape index (κ1) is 19.9. The van der Waals surface area contributed by atoms with Crippen LogP contribution in [0.5, 0.6) is 0 Å². The van der Waals surface area contributed by atoms with Crippen LogP contribution in [0.1, 0.15) is 47.5 Å². The summed E-state index contributed by atoms with van der Waals surface area (Å²) in [5.74, 6) is -0.991. The first-order valence-electron chi connectivity index (χ1n) is 9.52. The lowest BCUT2D eigenvalue weighted by atomic mass is 9.93. The molecule has 1 aromatic carbocycles. The minimum atomic E-state index is -0.634. The molecule has 6 heteroatoms. The second-order valence-electron chi connectivity index (χ2n) is 7.75. The molecule has 0 bridgehead atoms. The SMILES string of the molecule is CC(C)c1ccc([C@H]2C(C(=O)c3ccco3)=C(O)C(=O)N2CC[NH+](C)C)cc1. The normalized spacial score (nSPS) is 17.3. The lowest BCUT2D eigenvalue weighted by Crippen LogP contribution is -3.06. The number of ketones is 1. The van der Waals surface area contributed by atoms with Crippen molar-refractivity contribution >= 4 is 11.7 Å². The van der Waals surface area contributed by atoms with Crippen LogP contribution in [0.2, 0.25) is 0 Å². The van der Waals surface area contributed by atoms with Gasteiger partial charge in [0, 0.05) is 0 Å². The van der Waals surface area contributed by atoms with E-state index >= 15 is 0 Å². The molecule has 0 aliphatic carbocycles. The van der Waals surface area contributed by atoms with Crippen molar-refractivity contribution in [3.63, 3.8) is 0 Å². The van der Waals surface area contributed by atoms with Gasteiger partial charge >= 0.3 is 0 Å². The van der Waals surface area contributed by atoms with Crippen molar-refractivity contribution in [2.24, 2.45) is 0 Å². The fraction of sp³-hybridized carbons (Fsp3) is 0.364. The molecule has 2 N–H and O–H groups in total. The standard InChI is InChI=1S/C22H26N2O4/c1-14(2)15-7-9-16(10-8-15)19-18(20(25)17-6-5-13-28-17)21(26)22(27)24(19)12-11-23(3)4/h5-10,13-14,19,26H,11-12H2,1-4H3/p+1/t19-/m0/s1. The second-order valence-corrected chi connectivity index (χ2v) is 7.75. The second kappa shape index (κ2) is 8.02. The number of rotatable bonds is 7. The zero-order valence-electron chi connectivity index (χ0n) is 16.7. The van der Waals surface area contributed by atoms with E-state index < -0.39 is 23.5 Å². The fourth-order valence-electron chi connectivity index (χ4n) is 3.41. The van der Waals surface area contributed by atoms with Gasteiger partial charge in [-0.15, -0.1) is 0 Å². The summed E-state index contributed by atoms with van der Waals surface area (Å²) >= 11 is 0. The number of carbonyl (C=O) groups is 2. The molecule has 3 rings (SSSR count). The van der Waals surface area contributed by atoms with Crippen LogP contribution in [-0.4, -0.2) is 48.9 Å². The van der Waals surface area contributed by atoms with E-state index in [1.165, 1.54) is 16.7 Å². The number of quaternary nitrogens is 1. The molecular weight excluding hydrogens is 356 g/mol. The highest BCUT2D eigenvalue weighted by atomic mass is 16.3. The minimum Gasteiger partial charge on any atom is -0.503 e. The van der Waals surface area contributed by atoms with Crippen molar-refractivity contribution in [2.75, 3.05) is 27.2 Å². The number of aliphatic hydroxyl groups is 1. The lowest BCUT2D eigenvalue weighted by molar-refractivity contribution is -0.857. The first-order chi connectivity index (χ1) is 13.3. The van der Waals surface area contributed by atoms with Crippen LogP contribution >= 0.6 is 0 Å². The first-order valence-corrected chi connectivity index (χ1v) is 9.52. The Labute approximate surface area is 165 Å². The highest BCUT2D eigenvalue weighted by molar-refractivity contribution is 6.15. The molecule has 6 nitrogen and oxygen atoms in total. The molecule has 0 fully saturated rings. The quantitative estimate of drug-likeness (QED) is 0.719. The van der Waals surface area contributed by atoms with Gasteiger partial charge in [-0.05, 0) is 29.2 Å². The molecule has 1 atom stereocenters. The zero-order chi connectivity index (χ0) is 20.4. The predicted molar refractivity (Wildman–Crippen MR) is 105 cm³/mol. The summed E-state index contributed by atoms with van der Waals surface area (Å²) < 4.78 is 5.23. The highest BCUT2D eigenvalue weighted by Gasteiger charge is 2.44. The summed E-state index contributed by atoms with van der Waals surface area (Å²) in [4.78, 5) is 28.5. The molecule has 0 unspecified atom stereocenters. The Balaban J connectivity index is 2.04. The third kappa shape index (κ3) is 3.73. The molecular formula is C22H27N2O4+. The van der Waals surface area contributed by atoms with Gasteiger partial charge in [-0.3, -0.25) is 9.59 Å². The van der Waals surface area contributed by atoms with E-state index in [4.69, 9.17) is 4.42 Å². The molecule has 1 aliphatic rings. The number of carbonyl (C=O) groups excluding carboxylic acids is 2. The molecule has 148 valence electrons. The monoisotopic (exact) mass is 383 g/mol. The van der Waals surface area contributed by atoms with Gasteiger partial charge in [0.15, 0.2) is 11.5 Å². The number of hydrogen-bond acceptors (Lipinski definition) is 4. The number of furan rings is 1. The number of nitrogens with one attached hydrogen (secondary N) is 1. The summed E-state index contributed by atoms with van der Waals surface area (Å²) in [5, 5.41) is 10.6. The van der Waals surface area contributed by atoms with E-state index in [9.17, 15) is 14.7 Å².